The number of carbonyl (C=O) groups excluding carboxylic acids is 2. The Labute approximate surface area is 460 Å². The lowest BCUT2D eigenvalue weighted by Gasteiger charge is -2.36. The lowest BCUT2D eigenvalue weighted by atomic mass is 10.1. The number of para-hydroxylation sites is 4. The first-order chi connectivity index (χ1) is 36.9. The molecule has 10 rings (SSSR count). The molecule has 2 saturated heterocycles. The third-order valence-corrected chi connectivity index (χ3v) is 15.4. The van der Waals surface area contributed by atoms with Gasteiger partial charge in [-0.15, -0.1) is 0 Å². The number of nitrogens with zero attached hydrogens (tertiary/aromatic N) is 5. The Morgan fingerprint density at radius 3 is 1.67 bits per heavy atom. The molecule has 3 amide bonds. The van der Waals surface area contributed by atoms with E-state index in [1.165, 1.54) is 15.4 Å². The molecule has 13 nitrogen and oxygen atoms in total. The minimum absolute atomic E-state index is 0. The molecule has 3 aliphatic rings. The molecule has 3 aliphatic heterocycles. The summed E-state index contributed by atoms with van der Waals surface area (Å²) in [4.78, 5) is 45.2. The summed E-state index contributed by atoms with van der Waals surface area (Å²) in [6.45, 7) is 9.81. The first-order valence-electron chi connectivity index (χ1n) is 25.1. The average molecular weight is 1080 g/mol. The van der Waals surface area contributed by atoms with Gasteiger partial charge in [0, 0.05) is 100 Å². The monoisotopic (exact) mass is 1080 g/mol. The molecule has 0 spiro atoms. The molecule has 0 bridgehead atoms. The number of amidine groups is 1. The number of nitrogens with one attached hydrogen (secondary N) is 2. The summed E-state index contributed by atoms with van der Waals surface area (Å²) in [6.07, 6.45) is -0.502. The van der Waals surface area contributed by atoms with Crippen LogP contribution in [0.3, 0.4) is 0 Å². The van der Waals surface area contributed by atoms with E-state index >= 15 is 0 Å². The van der Waals surface area contributed by atoms with Crippen LogP contribution in [0, 0.1) is 0 Å². The highest BCUT2D eigenvalue weighted by molar-refractivity contribution is 8.00. The van der Waals surface area contributed by atoms with Gasteiger partial charge in [0.2, 0.25) is 0 Å². The zero-order valence-corrected chi connectivity index (χ0v) is 44.2. The number of fused-ring (bicyclic) bond motifs is 2. The maximum absolute atomic E-state index is 12.6. The van der Waals surface area contributed by atoms with E-state index < -0.39 is 6.09 Å². The summed E-state index contributed by atoms with van der Waals surface area (Å²) >= 11 is 5.03. The van der Waals surface area contributed by atoms with Crippen molar-refractivity contribution in [2.24, 2.45) is 4.99 Å². The molecule has 2 fully saturated rings. The molecule has 0 radical (unpaired) electrons. The van der Waals surface area contributed by atoms with Crippen molar-refractivity contribution in [2.75, 3.05) is 103 Å². The Hall–Kier alpha value is -6.60. The van der Waals surface area contributed by atoms with Gasteiger partial charge in [-0.05, 0) is 78.9 Å². The molecule has 3 heterocycles. The summed E-state index contributed by atoms with van der Waals surface area (Å²) in [5, 5.41) is 23.6. The minimum atomic E-state index is -0.502. The largest absolute Gasteiger partial charge is 0.417 e. The molecular formula is C60H67N7O6S3. The number of amides is 3. The topological polar surface area (TPSA) is 142 Å². The van der Waals surface area contributed by atoms with Gasteiger partial charge in [-0.2, -0.15) is 0 Å². The Morgan fingerprint density at radius 2 is 1.05 bits per heavy atom. The van der Waals surface area contributed by atoms with E-state index in [1.54, 1.807) is 47.4 Å². The number of carbonyl (C=O) groups is 2. The quantitative estimate of drug-likeness (QED) is 0.0770. The normalized spacial score (nSPS) is 14.1. The number of ether oxygens (including phenoxy) is 2. The van der Waals surface area contributed by atoms with Crippen molar-refractivity contribution < 1.29 is 29.3 Å². The average Bonchev–Trinajstić information content (AvgIpc) is 3.63. The van der Waals surface area contributed by atoms with Crippen molar-refractivity contribution in [2.45, 2.75) is 36.8 Å². The van der Waals surface area contributed by atoms with Crippen LogP contribution in [0.2, 0.25) is 0 Å². The van der Waals surface area contributed by atoms with Crippen LogP contribution in [0.1, 0.15) is 13.0 Å². The third kappa shape index (κ3) is 17.5. The van der Waals surface area contributed by atoms with E-state index in [0.717, 1.165) is 88.3 Å². The number of anilines is 2. The number of aliphatic hydroxyl groups excluding tert-OH is 2. The van der Waals surface area contributed by atoms with E-state index in [4.69, 9.17) is 24.7 Å². The Morgan fingerprint density at radius 1 is 0.539 bits per heavy atom. The van der Waals surface area contributed by atoms with Gasteiger partial charge in [0.15, 0.2) is 0 Å². The van der Waals surface area contributed by atoms with Crippen molar-refractivity contribution in [3.05, 3.63) is 194 Å². The van der Waals surface area contributed by atoms with Crippen molar-refractivity contribution in [3.8, 4) is 5.75 Å². The van der Waals surface area contributed by atoms with E-state index in [9.17, 15) is 9.59 Å². The van der Waals surface area contributed by atoms with Crippen LogP contribution in [0.15, 0.2) is 222 Å². The molecule has 4 N–H and O–H groups in total. The van der Waals surface area contributed by atoms with Crippen LogP contribution in [-0.2, 0) is 4.74 Å². The highest BCUT2D eigenvalue weighted by Crippen LogP contribution is 2.41. The summed E-state index contributed by atoms with van der Waals surface area (Å²) in [5.41, 5.74) is 3.83. The first-order valence-corrected chi connectivity index (χ1v) is 27.5. The maximum atomic E-state index is 12.6. The summed E-state index contributed by atoms with van der Waals surface area (Å²) in [7, 11) is 0. The molecule has 7 aromatic rings. The van der Waals surface area contributed by atoms with Gasteiger partial charge in [0.25, 0.3) is 0 Å². The van der Waals surface area contributed by atoms with Crippen molar-refractivity contribution >= 4 is 70.3 Å². The molecule has 0 unspecified atom stereocenters. The van der Waals surface area contributed by atoms with Gasteiger partial charge in [-0.3, -0.25) is 15.1 Å². The fourth-order valence-electron chi connectivity index (χ4n) is 8.24. The predicted molar refractivity (Wildman–Crippen MR) is 310 cm³/mol. The number of hydrogen-bond donors (Lipinski definition) is 4. The molecule has 7 aromatic carbocycles. The van der Waals surface area contributed by atoms with Crippen molar-refractivity contribution in [3.63, 3.8) is 0 Å². The Bertz CT molecular complexity index is 2890. The molecular weight excluding hydrogens is 1010 g/mol. The molecule has 0 atom stereocenters. The van der Waals surface area contributed by atoms with E-state index in [0.29, 0.717) is 38.6 Å². The maximum Gasteiger partial charge on any atom is 0.417 e. The highest BCUT2D eigenvalue weighted by atomic mass is 32.2. The standard InChI is InChI=1S/C21H25N3O2S.C19H23N3O2S.C19H15NO2S.CH4/c25-14-16-26-15-13-23-9-11-24(12-10-23)21-17-5-1-3-7-19(17)27-20-8-4-2-6-18(20)22-21;23-15-14-21-10-12-22(13-11-21)19(24)20-17-8-4-5-9-18(17)25-16-6-2-1-3-7-16;21-19(22-15-9-3-1-4-10-15)20-17-13-7-8-14-18(17)23-16-11-5-2-6-12-16;/h1-8,25H,9-16H2;1-9,23H,10-15H2,(H,20,24);1-14H,(H,20,21);1H4. The molecule has 16 heteroatoms. The third-order valence-electron chi connectivity index (χ3n) is 12.1. The van der Waals surface area contributed by atoms with Gasteiger partial charge >= 0.3 is 12.1 Å². The number of piperazine rings is 2. The van der Waals surface area contributed by atoms with Crippen LogP contribution in [0.4, 0.5) is 26.7 Å². The second-order valence-corrected chi connectivity index (χ2v) is 20.6. The Balaban J connectivity index is 0.000000165. The molecule has 76 heavy (non-hydrogen) atoms. The van der Waals surface area contributed by atoms with Crippen molar-refractivity contribution in [1.82, 2.24) is 19.6 Å². The number of β-amino-alcohol motifs (C(OH)–C–C–N with tert-alkyl or cyclic N) is 1. The van der Waals surface area contributed by atoms with Gasteiger partial charge < -0.3 is 34.8 Å². The number of hydrogen-bond acceptors (Lipinski definition) is 13. The second-order valence-electron chi connectivity index (χ2n) is 17.3. The van der Waals surface area contributed by atoms with Gasteiger partial charge in [0.1, 0.15) is 11.6 Å². The van der Waals surface area contributed by atoms with E-state index in [1.807, 2.05) is 120 Å². The number of urea groups is 1. The molecule has 0 aromatic heterocycles. The minimum Gasteiger partial charge on any atom is -0.410 e. The lowest BCUT2D eigenvalue weighted by molar-refractivity contribution is 0.0652. The highest BCUT2D eigenvalue weighted by Gasteiger charge is 2.26. The van der Waals surface area contributed by atoms with Crippen LogP contribution >= 0.6 is 35.3 Å². The first kappa shape index (κ1) is 57.1. The predicted octanol–water partition coefficient (Wildman–Crippen LogP) is 11.9. The molecule has 396 valence electrons. The summed E-state index contributed by atoms with van der Waals surface area (Å²) < 4.78 is 10.7. The van der Waals surface area contributed by atoms with Crippen molar-refractivity contribution in [1.29, 1.82) is 0 Å². The SMILES string of the molecule is C.O=C(Nc1ccccc1Sc1ccccc1)N1CCN(CCO)CC1.O=C(Nc1ccccc1Sc1ccccc1)Oc1ccccc1.OCCOCCN1CCN(C2=Nc3ccccc3Sc3ccccc32)CC1. The van der Waals surface area contributed by atoms with Crippen LogP contribution < -0.4 is 15.4 Å². The van der Waals surface area contributed by atoms with Crippen LogP contribution in [0.5, 0.6) is 5.75 Å². The number of aliphatic imine (C=N–C) groups is 1. The van der Waals surface area contributed by atoms with Gasteiger partial charge in [0.05, 0.1) is 43.5 Å². The molecule has 0 aliphatic carbocycles. The van der Waals surface area contributed by atoms with Gasteiger partial charge in [-0.25, -0.2) is 14.6 Å². The van der Waals surface area contributed by atoms with Crippen LogP contribution in [-0.4, -0.2) is 140 Å². The fraction of sp³-hybridized carbons (Fsp3) is 0.250. The van der Waals surface area contributed by atoms with E-state index in [2.05, 4.69) is 86.0 Å². The van der Waals surface area contributed by atoms with E-state index in [-0.39, 0.29) is 26.7 Å². The smallest absolute Gasteiger partial charge is 0.410 e. The fourth-order valence-corrected chi connectivity index (χ4v) is 11.1. The number of benzene rings is 7. The Kier molecular flexibility index (Phi) is 23.2. The number of aliphatic hydroxyl groups is 2. The zero-order valence-electron chi connectivity index (χ0n) is 41.8. The summed E-state index contributed by atoms with van der Waals surface area (Å²) in [5.74, 6) is 1.59. The second kappa shape index (κ2) is 30.8. The van der Waals surface area contributed by atoms with Crippen LogP contribution in [0.25, 0.3) is 0 Å². The molecule has 0 saturated carbocycles. The number of rotatable bonds is 14. The zero-order chi connectivity index (χ0) is 51.9. The lowest BCUT2D eigenvalue weighted by Crippen LogP contribution is -2.50. The van der Waals surface area contributed by atoms with Gasteiger partial charge in [-0.1, -0.05) is 152 Å². The summed E-state index contributed by atoms with van der Waals surface area (Å²) in [6, 6.07) is 61.5.